The molecule has 0 aliphatic carbocycles. The van der Waals surface area contributed by atoms with Crippen LogP contribution < -0.4 is 0 Å². The van der Waals surface area contributed by atoms with Crippen LogP contribution in [0.15, 0.2) is 24.3 Å². The van der Waals surface area contributed by atoms with Crippen molar-refractivity contribution in [2.45, 2.75) is 309 Å². The number of carbonyl (C=O) groups is 3. The first-order valence-corrected chi connectivity index (χ1v) is 27.8. The molecule has 6 nitrogen and oxygen atoms in total. The van der Waals surface area contributed by atoms with Gasteiger partial charge in [-0.3, -0.25) is 14.4 Å². The average Bonchev–Trinajstić information content (AvgIpc) is 3.28. The van der Waals surface area contributed by atoms with E-state index in [1.807, 2.05) is 0 Å². The number of allylic oxidation sites excluding steroid dienone is 4. The second-order valence-corrected chi connectivity index (χ2v) is 18.9. The molecule has 0 heterocycles. The molecule has 0 aromatic rings. The summed E-state index contributed by atoms with van der Waals surface area (Å²) in [6.45, 7) is 6.64. The molecule has 0 aromatic carbocycles. The molecule has 0 aliphatic rings. The molecule has 0 aliphatic heterocycles. The van der Waals surface area contributed by atoms with Gasteiger partial charge in [0.05, 0.1) is 0 Å². The maximum atomic E-state index is 12.8. The van der Waals surface area contributed by atoms with Crippen molar-refractivity contribution in [2.24, 2.45) is 0 Å². The summed E-state index contributed by atoms with van der Waals surface area (Å²) >= 11 is 0. The average molecular weight is 887 g/mol. The molecule has 0 rings (SSSR count). The van der Waals surface area contributed by atoms with E-state index in [9.17, 15) is 14.4 Å². The molecule has 0 saturated carbocycles. The Morgan fingerprint density at radius 3 is 0.889 bits per heavy atom. The van der Waals surface area contributed by atoms with Crippen molar-refractivity contribution in [3.05, 3.63) is 24.3 Å². The first-order chi connectivity index (χ1) is 31.0. The van der Waals surface area contributed by atoms with E-state index in [1.54, 1.807) is 0 Å². The fourth-order valence-electron chi connectivity index (χ4n) is 8.24. The van der Waals surface area contributed by atoms with E-state index in [-0.39, 0.29) is 31.1 Å². The molecule has 0 bridgehead atoms. The van der Waals surface area contributed by atoms with Gasteiger partial charge in [-0.1, -0.05) is 257 Å². The van der Waals surface area contributed by atoms with E-state index in [0.29, 0.717) is 19.3 Å². The first kappa shape index (κ1) is 60.9. The molecule has 0 saturated heterocycles. The molecule has 6 heteroatoms. The Bertz CT molecular complexity index is 1020. The molecule has 1 unspecified atom stereocenters. The molecule has 0 amide bonds. The van der Waals surface area contributed by atoms with Gasteiger partial charge in [0.2, 0.25) is 0 Å². The summed E-state index contributed by atoms with van der Waals surface area (Å²) in [4.78, 5) is 38.0. The third-order valence-corrected chi connectivity index (χ3v) is 12.5. The molecule has 0 spiro atoms. The van der Waals surface area contributed by atoms with Crippen LogP contribution >= 0.6 is 0 Å². The van der Waals surface area contributed by atoms with Crippen molar-refractivity contribution >= 4 is 17.9 Å². The monoisotopic (exact) mass is 887 g/mol. The highest BCUT2D eigenvalue weighted by Crippen LogP contribution is 2.17. The first-order valence-electron chi connectivity index (χ1n) is 27.8. The lowest BCUT2D eigenvalue weighted by molar-refractivity contribution is -0.167. The largest absolute Gasteiger partial charge is 0.462 e. The van der Waals surface area contributed by atoms with Crippen LogP contribution in [0.4, 0.5) is 0 Å². The predicted octanol–water partition coefficient (Wildman–Crippen LogP) is 18.3. The zero-order valence-electron chi connectivity index (χ0n) is 42.4. The molecule has 0 aromatic heterocycles. The van der Waals surface area contributed by atoms with E-state index in [4.69, 9.17) is 14.2 Å². The number of carbonyl (C=O) groups excluding carboxylic acids is 3. The Hall–Kier alpha value is -2.11. The molecule has 370 valence electrons. The van der Waals surface area contributed by atoms with E-state index in [2.05, 4.69) is 45.1 Å². The smallest absolute Gasteiger partial charge is 0.306 e. The Morgan fingerprint density at radius 2 is 0.571 bits per heavy atom. The Morgan fingerprint density at radius 1 is 0.317 bits per heavy atom. The van der Waals surface area contributed by atoms with Crippen LogP contribution in [0.3, 0.4) is 0 Å². The number of ether oxygens (including phenoxy) is 3. The van der Waals surface area contributed by atoms with Crippen molar-refractivity contribution in [2.75, 3.05) is 13.2 Å². The number of hydrogen-bond donors (Lipinski definition) is 0. The second kappa shape index (κ2) is 52.5. The van der Waals surface area contributed by atoms with Gasteiger partial charge in [-0.2, -0.15) is 0 Å². The maximum Gasteiger partial charge on any atom is 0.306 e. The minimum atomic E-state index is -0.768. The predicted molar refractivity (Wildman–Crippen MR) is 270 cm³/mol. The highest BCUT2D eigenvalue weighted by atomic mass is 16.6. The van der Waals surface area contributed by atoms with E-state index in [1.165, 1.54) is 193 Å². The van der Waals surface area contributed by atoms with Gasteiger partial charge in [0.1, 0.15) is 13.2 Å². The molecule has 63 heavy (non-hydrogen) atoms. The summed E-state index contributed by atoms with van der Waals surface area (Å²) in [7, 11) is 0. The highest BCUT2D eigenvalue weighted by molar-refractivity contribution is 5.71. The minimum Gasteiger partial charge on any atom is -0.462 e. The topological polar surface area (TPSA) is 78.9 Å². The van der Waals surface area contributed by atoms with Crippen LogP contribution in [0.25, 0.3) is 0 Å². The Kier molecular flexibility index (Phi) is 50.8. The summed E-state index contributed by atoms with van der Waals surface area (Å²) < 4.78 is 16.8. The van der Waals surface area contributed by atoms with Gasteiger partial charge in [-0.25, -0.2) is 0 Å². The fraction of sp³-hybridized carbons (Fsp3) is 0.877. The summed E-state index contributed by atoms with van der Waals surface area (Å²) in [5.74, 6) is -0.862. The van der Waals surface area contributed by atoms with E-state index < -0.39 is 6.10 Å². The lowest BCUT2D eigenvalue weighted by atomic mass is 10.0. The van der Waals surface area contributed by atoms with Gasteiger partial charge in [-0.05, 0) is 51.4 Å². The number of hydrogen-bond acceptors (Lipinski definition) is 6. The highest BCUT2D eigenvalue weighted by Gasteiger charge is 2.19. The Balaban J connectivity index is 4.26. The second-order valence-electron chi connectivity index (χ2n) is 18.9. The molecule has 0 fully saturated rings. The van der Waals surface area contributed by atoms with Gasteiger partial charge in [0.15, 0.2) is 6.10 Å². The lowest BCUT2D eigenvalue weighted by Crippen LogP contribution is -2.30. The number of rotatable bonds is 51. The van der Waals surface area contributed by atoms with Crippen molar-refractivity contribution in [3.8, 4) is 0 Å². The van der Waals surface area contributed by atoms with Crippen LogP contribution in [-0.4, -0.2) is 37.2 Å². The number of esters is 3. The zero-order chi connectivity index (χ0) is 45.8. The van der Waals surface area contributed by atoms with Gasteiger partial charge >= 0.3 is 17.9 Å². The van der Waals surface area contributed by atoms with Gasteiger partial charge < -0.3 is 14.2 Å². The third kappa shape index (κ3) is 50.7. The molecule has 0 radical (unpaired) electrons. The normalized spacial score (nSPS) is 12.1. The van der Waals surface area contributed by atoms with Crippen LogP contribution in [0.1, 0.15) is 303 Å². The molecule has 0 N–H and O–H groups in total. The summed E-state index contributed by atoms with van der Waals surface area (Å²) in [5.41, 5.74) is 0. The van der Waals surface area contributed by atoms with Gasteiger partial charge in [0, 0.05) is 19.3 Å². The summed E-state index contributed by atoms with van der Waals surface area (Å²) in [5, 5.41) is 0. The SMILES string of the molecule is CCCCCC/C=C\C/C=C\CCCCCCCCCC(=O)OCC(COC(=O)CCCCCCCCCCC)OC(=O)CCCCCCCCCCCCCCCCCCCC. The van der Waals surface area contributed by atoms with Gasteiger partial charge in [0.25, 0.3) is 0 Å². The molecular formula is C57H106O6. The van der Waals surface area contributed by atoms with E-state index >= 15 is 0 Å². The van der Waals surface area contributed by atoms with Crippen LogP contribution in [0.2, 0.25) is 0 Å². The van der Waals surface area contributed by atoms with Crippen LogP contribution in [0, 0.1) is 0 Å². The summed E-state index contributed by atoms with van der Waals surface area (Å²) in [6.07, 6.45) is 60.3. The summed E-state index contributed by atoms with van der Waals surface area (Å²) in [6, 6.07) is 0. The maximum absolute atomic E-state index is 12.8. The fourth-order valence-corrected chi connectivity index (χ4v) is 8.24. The minimum absolute atomic E-state index is 0.0690. The Labute approximate surface area is 392 Å². The van der Waals surface area contributed by atoms with Crippen molar-refractivity contribution < 1.29 is 28.6 Å². The zero-order valence-corrected chi connectivity index (χ0v) is 42.4. The van der Waals surface area contributed by atoms with Crippen molar-refractivity contribution in [1.82, 2.24) is 0 Å². The van der Waals surface area contributed by atoms with Crippen LogP contribution in [-0.2, 0) is 28.6 Å². The number of unbranched alkanes of at least 4 members (excludes halogenated alkanes) is 36. The molecule has 1 atom stereocenters. The van der Waals surface area contributed by atoms with Crippen molar-refractivity contribution in [1.29, 1.82) is 0 Å². The lowest BCUT2D eigenvalue weighted by Gasteiger charge is -2.18. The third-order valence-electron chi connectivity index (χ3n) is 12.5. The standard InChI is InChI=1S/C57H106O6/c1-4-7-10-13-16-19-21-23-25-27-29-31-33-35-38-41-44-47-50-56(59)62-53-54(52-61-55(58)49-46-43-40-37-18-15-12-9-6-3)63-57(60)51-48-45-42-39-36-34-32-30-28-26-24-22-20-17-14-11-8-5-2/h19,21,25,27,54H,4-18,20,22-24,26,28-53H2,1-3H3/b21-19-,27-25-. The van der Waals surface area contributed by atoms with Gasteiger partial charge in [-0.15, -0.1) is 0 Å². The quantitative estimate of drug-likeness (QED) is 0.0262. The van der Waals surface area contributed by atoms with Crippen LogP contribution in [0.5, 0.6) is 0 Å². The van der Waals surface area contributed by atoms with E-state index in [0.717, 1.165) is 70.6 Å². The molecular weight excluding hydrogens is 781 g/mol. The van der Waals surface area contributed by atoms with Crippen molar-refractivity contribution in [3.63, 3.8) is 0 Å².